The molecule has 2 unspecified atom stereocenters. The Morgan fingerprint density at radius 1 is 1.24 bits per heavy atom. The van der Waals surface area contributed by atoms with Gasteiger partial charge in [-0.25, -0.2) is 0 Å². The maximum Gasteiger partial charge on any atom is 0.307 e. The van der Waals surface area contributed by atoms with E-state index in [0.717, 1.165) is 51.1 Å². The van der Waals surface area contributed by atoms with Gasteiger partial charge in [0.25, 0.3) is 0 Å². The zero-order valence-corrected chi connectivity index (χ0v) is 14.8. The number of rotatable bonds is 4. The van der Waals surface area contributed by atoms with Crippen molar-refractivity contribution in [3.05, 3.63) is 41.2 Å². The number of fused-ring (bicyclic) bond motifs is 2. The van der Waals surface area contributed by atoms with E-state index in [1.165, 1.54) is 30.0 Å². The molecule has 1 aromatic rings. The predicted molar refractivity (Wildman–Crippen MR) is 94.6 cm³/mol. The fourth-order valence-corrected chi connectivity index (χ4v) is 4.13. The molecule has 1 heterocycles. The van der Waals surface area contributed by atoms with Gasteiger partial charge in [-0.05, 0) is 54.7 Å². The van der Waals surface area contributed by atoms with Crippen LogP contribution in [0.2, 0.25) is 0 Å². The summed E-state index contributed by atoms with van der Waals surface area (Å²) < 4.78 is 17.2. The third-order valence-corrected chi connectivity index (χ3v) is 5.46. The van der Waals surface area contributed by atoms with Gasteiger partial charge in [0.05, 0.1) is 13.2 Å². The molecule has 4 nitrogen and oxygen atoms in total. The molecule has 2 fully saturated rings. The number of ether oxygens (including phenoxy) is 3. The first-order chi connectivity index (χ1) is 12.2. The Morgan fingerprint density at radius 2 is 2.04 bits per heavy atom. The van der Waals surface area contributed by atoms with E-state index in [4.69, 9.17) is 14.2 Å². The highest BCUT2D eigenvalue weighted by Gasteiger charge is 2.44. The molecule has 0 spiro atoms. The van der Waals surface area contributed by atoms with Crippen LogP contribution in [0.5, 0.6) is 0 Å². The van der Waals surface area contributed by atoms with Crippen molar-refractivity contribution in [3.8, 4) is 0 Å². The zero-order chi connectivity index (χ0) is 17.2. The molecule has 1 aromatic carbocycles. The number of aryl methyl sites for hydroxylation is 1. The quantitative estimate of drug-likeness (QED) is 0.773. The van der Waals surface area contributed by atoms with Crippen LogP contribution in [0.25, 0.3) is 5.57 Å². The molecule has 1 saturated carbocycles. The second-order valence-electron chi connectivity index (χ2n) is 7.30. The molecular weight excluding hydrogens is 316 g/mol. The summed E-state index contributed by atoms with van der Waals surface area (Å²) in [5, 5.41) is 0. The largest absolute Gasteiger partial charge is 0.431 e. The Labute approximate surface area is 149 Å². The van der Waals surface area contributed by atoms with Crippen molar-refractivity contribution in [1.29, 1.82) is 0 Å². The molecule has 0 N–H and O–H groups in total. The summed E-state index contributed by atoms with van der Waals surface area (Å²) in [5.74, 6) is 1.74. The molecule has 3 aliphatic rings. The second kappa shape index (κ2) is 7.30. The van der Waals surface area contributed by atoms with Crippen molar-refractivity contribution < 1.29 is 19.0 Å². The lowest BCUT2D eigenvalue weighted by Gasteiger charge is -2.25. The molecule has 134 valence electrons. The van der Waals surface area contributed by atoms with Gasteiger partial charge in [0.2, 0.25) is 0 Å². The first kappa shape index (κ1) is 16.8. The Hall–Kier alpha value is -1.65. The molecule has 2 aliphatic carbocycles. The average Bonchev–Trinajstić information content (AvgIpc) is 3.38. The van der Waals surface area contributed by atoms with E-state index in [0.29, 0.717) is 11.8 Å². The zero-order valence-electron chi connectivity index (χ0n) is 14.8. The topological polar surface area (TPSA) is 44.8 Å². The minimum atomic E-state index is -0.221. The summed E-state index contributed by atoms with van der Waals surface area (Å²) >= 11 is 0. The van der Waals surface area contributed by atoms with Gasteiger partial charge in [-0.3, -0.25) is 4.79 Å². The van der Waals surface area contributed by atoms with Crippen LogP contribution in [0, 0.1) is 11.8 Å². The van der Waals surface area contributed by atoms with Crippen LogP contribution >= 0.6 is 0 Å². The van der Waals surface area contributed by atoms with Gasteiger partial charge in [0.15, 0.2) is 6.29 Å². The van der Waals surface area contributed by atoms with Gasteiger partial charge in [0, 0.05) is 19.3 Å². The lowest BCUT2D eigenvalue weighted by atomic mass is 9.89. The number of benzene rings is 1. The van der Waals surface area contributed by atoms with Gasteiger partial charge >= 0.3 is 5.97 Å². The maximum absolute atomic E-state index is 11.7. The minimum absolute atomic E-state index is 0.146. The smallest absolute Gasteiger partial charge is 0.307 e. The molecule has 1 aliphatic heterocycles. The Balaban J connectivity index is 1.66. The van der Waals surface area contributed by atoms with E-state index in [-0.39, 0.29) is 12.3 Å². The number of allylic oxidation sites excluding steroid dienone is 2. The fourth-order valence-electron chi connectivity index (χ4n) is 4.13. The number of hydrogen-bond acceptors (Lipinski definition) is 4. The van der Waals surface area contributed by atoms with Gasteiger partial charge in [-0.15, -0.1) is 0 Å². The van der Waals surface area contributed by atoms with E-state index >= 15 is 0 Å². The number of hydrogen-bond donors (Lipinski definition) is 0. The fraction of sp³-hybridized carbons (Fsp3) is 0.571. The Bertz CT molecular complexity index is 672. The number of carbonyl (C=O) groups excluding carboxylic acids is 1. The van der Waals surface area contributed by atoms with Crippen molar-refractivity contribution in [2.45, 2.75) is 51.7 Å². The summed E-state index contributed by atoms with van der Waals surface area (Å²) in [6.07, 6.45) is 5.84. The van der Waals surface area contributed by atoms with Crippen molar-refractivity contribution in [3.63, 3.8) is 0 Å². The third-order valence-electron chi connectivity index (χ3n) is 5.46. The van der Waals surface area contributed by atoms with Crippen molar-refractivity contribution in [2.75, 3.05) is 13.2 Å². The first-order valence-corrected chi connectivity index (χ1v) is 9.45. The molecule has 0 aromatic heterocycles. The van der Waals surface area contributed by atoms with E-state index in [2.05, 4.69) is 24.3 Å². The molecule has 0 amide bonds. The molecule has 4 rings (SSSR count). The first-order valence-electron chi connectivity index (χ1n) is 9.45. The maximum atomic E-state index is 11.7. The summed E-state index contributed by atoms with van der Waals surface area (Å²) in [5.41, 5.74) is 3.77. The van der Waals surface area contributed by atoms with Crippen LogP contribution in [-0.4, -0.2) is 25.5 Å². The normalized spacial score (nSPS) is 29.2. The van der Waals surface area contributed by atoms with E-state index in [1.54, 1.807) is 0 Å². The monoisotopic (exact) mass is 342 g/mol. The highest BCUT2D eigenvalue weighted by molar-refractivity contribution is 5.75. The van der Waals surface area contributed by atoms with Crippen LogP contribution in [0.1, 0.15) is 50.2 Å². The molecule has 2 atom stereocenters. The molecular formula is C21H26O4. The molecule has 25 heavy (non-hydrogen) atoms. The predicted octanol–water partition coefficient (Wildman–Crippen LogP) is 4.09. The summed E-state index contributed by atoms with van der Waals surface area (Å²) in [4.78, 5) is 11.7. The van der Waals surface area contributed by atoms with Crippen LogP contribution in [-0.2, 0) is 25.4 Å². The van der Waals surface area contributed by atoms with Crippen molar-refractivity contribution in [1.82, 2.24) is 0 Å². The molecule has 4 heteroatoms. The van der Waals surface area contributed by atoms with Crippen LogP contribution < -0.4 is 0 Å². The second-order valence-corrected chi connectivity index (χ2v) is 7.30. The molecule has 0 bridgehead atoms. The molecule has 1 saturated heterocycles. The van der Waals surface area contributed by atoms with Crippen LogP contribution in [0.3, 0.4) is 0 Å². The standard InChI is InChI=1S/C21H26O4/c1-14(22)25-21-18(9-10-20-23-11-4-12-24-20)17-6-3-2-5-15(17)7-8-16-13-19(16)21/h2-3,5-6,16,19-20H,4,7-13H2,1H3/b21-18+. The van der Waals surface area contributed by atoms with Crippen LogP contribution in [0.15, 0.2) is 30.0 Å². The van der Waals surface area contributed by atoms with E-state index in [9.17, 15) is 4.79 Å². The van der Waals surface area contributed by atoms with Crippen molar-refractivity contribution >= 4 is 11.5 Å². The Morgan fingerprint density at radius 3 is 2.84 bits per heavy atom. The molecule has 0 radical (unpaired) electrons. The minimum Gasteiger partial charge on any atom is -0.431 e. The summed E-state index contributed by atoms with van der Waals surface area (Å²) in [7, 11) is 0. The van der Waals surface area contributed by atoms with Crippen LogP contribution in [0.4, 0.5) is 0 Å². The third kappa shape index (κ3) is 3.80. The van der Waals surface area contributed by atoms with Gasteiger partial charge < -0.3 is 14.2 Å². The highest BCUT2D eigenvalue weighted by Crippen LogP contribution is 2.52. The number of esters is 1. The van der Waals surface area contributed by atoms with Gasteiger partial charge in [-0.1, -0.05) is 24.3 Å². The highest BCUT2D eigenvalue weighted by atomic mass is 16.7. The van der Waals surface area contributed by atoms with E-state index < -0.39 is 0 Å². The Kier molecular flexibility index (Phi) is 4.91. The van der Waals surface area contributed by atoms with E-state index in [1.807, 2.05) is 0 Å². The summed E-state index contributed by atoms with van der Waals surface area (Å²) in [6.45, 7) is 3.03. The van der Waals surface area contributed by atoms with Gasteiger partial charge in [0.1, 0.15) is 5.76 Å². The van der Waals surface area contributed by atoms with Gasteiger partial charge in [-0.2, -0.15) is 0 Å². The lowest BCUT2D eigenvalue weighted by Crippen LogP contribution is -2.25. The SMILES string of the molecule is CC(=O)O/C1=C(\CCC2OCCCO2)c2ccccc2CCC2CC12. The average molecular weight is 342 g/mol. The number of carbonyl (C=O) groups is 1. The lowest BCUT2D eigenvalue weighted by molar-refractivity contribution is -0.180. The summed E-state index contributed by atoms with van der Waals surface area (Å²) in [6, 6.07) is 8.54. The van der Waals surface area contributed by atoms with Crippen molar-refractivity contribution in [2.24, 2.45) is 11.8 Å².